The maximum absolute atomic E-state index is 13.0. The summed E-state index contributed by atoms with van der Waals surface area (Å²) in [5.74, 6) is 4.01. The average molecular weight is 429 g/mol. The third-order valence-corrected chi connectivity index (χ3v) is 11.2. The molecule has 7 rings (SSSR count). The molecule has 5 heteroatoms. The zero-order chi connectivity index (χ0) is 21.0. The van der Waals surface area contributed by atoms with Gasteiger partial charge < -0.3 is 14.2 Å². The Balaban J connectivity index is 0.961. The second kappa shape index (κ2) is 6.48. The summed E-state index contributed by atoms with van der Waals surface area (Å²) in [5.41, 5.74) is 0.712. The summed E-state index contributed by atoms with van der Waals surface area (Å²) < 4.78 is 17.6. The van der Waals surface area contributed by atoms with Crippen LogP contribution in [-0.2, 0) is 23.8 Å². The van der Waals surface area contributed by atoms with Gasteiger partial charge in [0.2, 0.25) is 0 Å². The molecule has 0 spiro atoms. The predicted octanol–water partition coefficient (Wildman–Crippen LogP) is 4.48. The van der Waals surface area contributed by atoms with E-state index in [0.717, 1.165) is 37.5 Å². The monoisotopic (exact) mass is 428 g/mol. The first-order valence-corrected chi connectivity index (χ1v) is 13.0. The van der Waals surface area contributed by atoms with Crippen LogP contribution >= 0.6 is 0 Å². The third-order valence-electron chi connectivity index (χ3n) is 11.2. The number of fused-ring (bicyclic) bond motifs is 7. The van der Waals surface area contributed by atoms with Gasteiger partial charge in [0.1, 0.15) is 6.10 Å². The van der Waals surface area contributed by atoms with Crippen molar-refractivity contribution < 1.29 is 23.8 Å². The van der Waals surface area contributed by atoms with Crippen molar-refractivity contribution in [2.75, 3.05) is 6.79 Å². The Morgan fingerprint density at radius 2 is 1.94 bits per heavy atom. The minimum absolute atomic E-state index is 0.0275. The molecule has 11 unspecified atom stereocenters. The third kappa shape index (κ3) is 2.37. The highest BCUT2D eigenvalue weighted by Gasteiger charge is 2.97. The Bertz CT molecular complexity index is 810. The first-order chi connectivity index (χ1) is 15.1. The van der Waals surface area contributed by atoms with Crippen molar-refractivity contribution in [3.63, 3.8) is 0 Å². The van der Waals surface area contributed by atoms with Gasteiger partial charge in [0.15, 0.2) is 6.79 Å². The highest BCUT2D eigenvalue weighted by Crippen LogP contribution is 2.99. The molecular formula is C26H36O5. The molecule has 0 N–H and O–H groups in total. The van der Waals surface area contributed by atoms with Crippen LogP contribution in [0.1, 0.15) is 77.6 Å². The maximum Gasteiger partial charge on any atom is 0.311 e. The maximum atomic E-state index is 13.0. The Hall–Kier alpha value is -1.10. The van der Waals surface area contributed by atoms with Crippen LogP contribution in [0.25, 0.3) is 0 Å². The summed E-state index contributed by atoms with van der Waals surface area (Å²) in [4.78, 5) is 25.1. The van der Waals surface area contributed by atoms with Gasteiger partial charge in [-0.1, -0.05) is 19.8 Å². The average Bonchev–Trinajstić information content (AvgIpc) is 3.24. The largest absolute Gasteiger partial charge is 0.462 e. The summed E-state index contributed by atoms with van der Waals surface area (Å²) in [5, 5.41) is 0. The van der Waals surface area contributed by atoms with Gasteiger partial charge in [-0.15, -0.1) is 0 Å². The van der Waals surface area contributed by atoms with Crippen molar-refractivity contribution >= 4 is 11.9 Å². The molecule has 0 aromatic carbocycles. The highest BCUT2D eigenvalue weighted by molar-refractivity contribution is 5.74. The highest BCUT2D eigenvalue weighted by atomic mass is 16.7. The van der Waals surface area contributed by atoms with Gasteiger partial charge in [-0.05, 0) is 92.3 Å². The molecular weight excluding hydrogens is 392 g/mol. The molecule has 0 aromatic rings. The number of esters is 2. The summed E-state index contributed by atoms with van der Waals surface area (Å²) >= 11 is 0. The van der Waals surface area contributed by atoms with E-state index in [4.69, 9.17) is 14.2 Å². The first-order valence-electron chi connectivity index (χ1n) is 13.0. The van der Waals surface area contributed by atoms with Crippen molar-refractivity contribution in [3.8, 4) is 0 Å². The quantitative estimate of drug-likeness (QED) is 0.442. The Kier molecular flexibility index (Phi) is 4.05. The second-order valence-corrected chi connectivity index (χ2v) is 12.2. The van der Waals surface area contributed by atoms with Crippen LogP contribution in [0.2, 0.25) is 0 Å². The van der Waals surface area contributed by atoms with E-state index in [1.54, 1.807) is 0 Å². The fourth-order valence-electron chi connectivity index (χ4n) is 10.3. The molecule has 7 saturated carbocycles. The van der Waals surface area contributed by atoms with Gasteiger partial charge in [-0.3, -0.25) is 9.59 Å². The van der Waals surface area contributed by atoms with E-state index in [1.165, 1.54) is 38.5 Å². The molecule has 31 heavy (non-hydrogen) atoms. The Labute approximate surface area is 184 Å². The molecule has 0 saturated heterocycles. The standard InChI is InChI=1S/C26H36O5/c1-2-4-21(27)31-20-11-25-12-26(20,25)23-17-9-16(22(23)25)10-18(17)24(28)30-13-29-19-8-14-5-3-6-15(19)7-14/h14-20,22-23H,2-13H2,1H3. The molecule has 11 atom stereocenters. The van der Waals surface area contributed by atoms with E-state index in [2.05, 4.69) is 0 Å². The van der Waals surface area contributed by atoms with Gasteiger partial charge in [-0.2, -0.15) is 0 Å². The normalized spacial score (nSPS) is 54.2. The summed E-state index contributed by atoms with van der Waals surface area (Å²) in [7, 11) is 0. The summed E-state index contributed by atoms with van der Waals surface area (Å²) in [6.07, 6.45) is 12.7. The summed E-state index contributed by atoms with van der Waals surface area (Å²) in [6, 6.07) is 0. The minimum Gasteiger partial charge on any atom is -0.462 e. The predicted molar refractivity (Wildman–Crippen MR) is 111 cm³/mol. The van der Waals surface area contributed by atoms with E-state index < -0.39 is 0 Å². The SMILES string of the molecule is CCCC(=O)OC1CC23CC12C1C2CC(CC2C(=O)OCOC2CC4CCCC2C4)C13. The number of carbonyl (C=O) groups excluding carboxylic acids is 2. The van der Waals surface area contributed by atoms with Crippen molar-refractivity contribution in [1.82, 2.24) is 0 Å². The van der Waals surface area contributed by atoms with Gasteiger partial charge in [-0.25, -0.2) is 0 Å². The zero-order valence-corrected chi connectivity index (χ0v) is 18.7. The van der Waals surface area contributed by atoms with Crippen LogP contribution in [0.4, 0.5) is 0 Å². The van der Waals surface area contributed by atoms with Gasteiger partial charge in [0.25, 0.3) is 0 Å². The molecule has 170 valence electrons. The van der Waals surface area contributed by atoms with Crippen molar-refractivity contribution in [2.24, 2.45) is 52.3 Å². The molecule has 7 aliphatic carbocycles. The van der Waals surface area contributed by atoms with E-state index in [0.29, 0.717) is 41.6 Å². The first kappa shape index (κ1) is 19.4. The van der Waals surface area contributed by atoms with Crippen molar-refractivity contribution in [2.45, 2.75) is 89.8 Å². The molecule has 7 fully saturated rings. The van der Waals surface area contributed by atoms with Gasteiger partial charge in [0, 0.05) is 11.8 Å². The van der Waals surface area contributed by atoms with Crippen LogP contribution in [0, 0.1) is 52.3 Å². The van der Waals surface area contributed by atoms with Crippen LogP contribution in [0.15, 0.2) is 0 Å². The molecule has 0 radical (unpaired) electrons. The van der Waals surface area contributed by atoms with Crippen molar-refractivity contribution in [3.05, 3.63) is 0 Å². The fourth-order valence-corrected chi connectivity index (χ4v) is 10.3. The number of rotatable bonds is 7. The van der Waals surface area contributed by atoms with Crippen molar-refractivity contribution in [1.29, 1.82) is 0 Å². The van der Waals surface area contributed by atoms with Crippen LogP contribution in [0.3, 0.4) is 0 Å². The van der Waals surface area contributed by atoms with E-state index in [9.17, 15) is 9.59 Å². The second-order valence-electron chi connectivity index (χ2n) is 12.2. The molecule has 5 nitrogen and oxygen atoms in total. The lowest BCUT2D eigenvalue weighted by molar-refractivity contribution is -0.231. The van der Waals surface area contributed by atoms with Crippen LogP contribution in [0.5, 0.6) is 0 Å². The lowest BCUT2D eigenvalue weighted by Crippen LogP contribution is -2.65. The lowest BCUT2D eigenvalue weighted by Gasteiger charge is -2.64. The van der Waals surface area contributed by atoms with Gasteiger partial charge in [0.05, 0.1) is 12.0 Å². The van der Waals surface area contributed by atoms with E-state index >= 15 is 0 Å². The molecule has 0 amide bonds. The lowest BCUT2D eigenvalue weighted by atomic mass is 9.41. The molecule has 0 heterocycles. The smallest absolute Gasteiger partial charge is 0.311 e. The molecule has 0 aromatic heterocycles. The fraction of sp³-hybridized carbons (Fsp3) is 0.923. The van der Waals surface area contributed by atoms with E-state index in [-0.39, 0.29) is 36.2 Å². The van der Waals surface area contributed by atoms with E-state index in [1.807, 2.05) is 6.92 Å². The zero-order valence-electron chi connectivity index (χ0n) is 18.7. The number of hydrogen-bond donors (Lipinski definition) is 0. The minimum atomic E-state index is -0.0292. The molecule has 7 aliphatic rings. The topological polar surface area (TPSA) is 61.8 Å². The Morgan fingerprint density at radius 1 is 1.03 bits per heavy atom. The Morgan fingerprint density at radius 3 is 2.77 bits per heavy atom. The van der Waals surface area contributed by atoms with Crippen LogP contribution in [-0.4, -0.2) is 30.9 Å². The number of hydrogen-bond acceptors (Lipinski definition) is 5. The van der Waals surface area contributed by atoms with Crippen LogP contribution < -0.4 is 0 Å². The number of ether oxygens (including phenoxy) is 3. The number of carbonyl (C=O) groups is 2. The van der Waals surface area contributed by atoms with Gasteiger partial charge >= 0.3 is 11.9 Å². The summed E-state index contributed by atoms with van der Waals surface area (Å²) in [6.45, 7) is 2.16. The molecule has 0 aliphatic heterocycles. The molecule has 4 bridgehead atoms.